The topological polar surface area (TPSA) is 27.6 Å². The lowest BCUT2D eigenvalue weighted by molar-refractivity contribution is 0.353. The minimum atomic E-state index is 0.670. The summed E-state index contributed by atoms with van der Waals surface area (Å²) in [7, 11) is 1.82. The summed E-state index contributed by atoms with van der Waals surface area (Å²) in [4.78, 5) is 6.32. The van der Waals surface area contributed by atoms with Crippen LogP contribution in [-0.4, -0.2) is 44.0 Å². The molecule has 0 amide bonds. The summed E-state index contributed by atoms with van der Waals surface area (Å²) in [6.45, 7) is 5.49. The summed E-state index contributed by atoms with van der Waals surface area (Å²) in [5.41, 5.74) is 0. The van der Waals surface area contributed by atoms with Crippen molar-refractivity contribution in [1.29, 1.82) is 0 Å². The van der Waals surface area contributed by atoms with E-state index in [1.807, 2.05) is 13.4 Å². The predicted octanol–water partition coefficient (Wildman–Crippen LogP) is 0.328. The van der Waals surface area contributed by atoms with Crippen LogP contribution in [0.4, 0.5) is 0 Å². The molecule has 0 radical (unpaired) electrons. The number of hydrogen-bond acceptors (Lipinski definition) is 2. The van der Waals surface area contributed by atoms with Gasteiger partial charge in [0.1, 0.15) is 0 Å². The molecule has 1 aliphatic heterocycles. The lowest BCUT2D eigenvalue weighted by atomic mass is 10.2. The second kappa shape index (κ2) is 4.34. The first kappa shape index (κ1) is 8.53. The monoisotopic (exact) mass is 155 g/mol. The molecule has 0 spiro atoms. The predicted molar refractivity (Wildman–Crippen MR) is 48.1 cm³/mol. The third-order valence-electron chi connectivity index (χ3n) is 2.13. The summed E-state index contributed by atoms with van der Waals surface area (Å²) in [5.74, 6) is 0. The van der Waals surface area contributed by atoms with Gasteiger partial charge in [-0.15, -0.1) is 0 Å². The van der Waals surface area contributed by atoms with Crippen LogP contribution >= 0.6 is 0 Å². The minimum absolute atomic E-state index is 0.670. The molecular weight excluding hydrogens is 138 g/mol. The standard InChI is InChI=1S/C8H17N3/c1-3-11(7-9-2)8-4-5-10-6-8/h7-8,10H,3-6H2,1-2H3. The van der Waals surface area contributed by atoms with Crippen LogP contribution in [0.2, 0.25) is 0 Å². The van der Waals surface area contributed by atoms with Crippen LogP contribution in [0.5, 0.6) is 0 Å². The number of nitrogens with zero attached hydrogens (tertiary/aromatic N) is 2. The fourth-order valence-corrected chi connectivity index (χ4v) is 1.50. The maximum atomic E-state index is 4.02. The molecule has 0 aromatic carbocycles. The Morgan fingerprint density at radius 3 is 3.00 bits per heavy atom. The zero-order valence-corrected chi connectivity index (χ0v) is 7.38. The molecule has 1 aliphatic rings. The molecule has 1 heterocycles. The Kier molecular flexibility index (Phi) is 3.36. The van der Waals surface area contributed by atoms with E-state index in [1.165, 1.54) is 6.42 Å². The number of rotatable bonds is 3. The lowest BCUT2D eigenvalue weighted by Crippen LogP contribution is -2.35. The Hall–Kier alpha value is -0.570. The van der Waals surface area contributed by atoms with Crippen LogP contribution < -0.4 is 5.32 Å². The van der Waals surface area contributed by atoms with E-state index in [-0.39, 0.29) is 0 Å². The fourth-order valence-electron chi connectivity index (χ4n) is 1.50. The van der Waals surface area contributed by atoms with Crippen molar-refractivity contribution in [3.63, 3.8) is 0 Å². The Bertz CT molecular complexity index is 127. The Labute approximate surface area is 68.5 Å². The van der Waals surface area contributed by atoms with Gasteiger partial charge in [-0.2, -0.15) is 0 Å². The zero-order chi connectivity index (χ0) is 8.10. The lowest BCUT2D eigenvalue weighted by Gasteiger charge is -2.23. The van der Waals surface area contributed by atoms with Gasteiger partial charge >= 0.3 is 0 Å². The average molecular weight is 155 g/mol. The SMILES string of the molecule is CCN(C=NC)C1CCNC1. The van der Waals surface area contributed by atoms with E-state index in [2.05, 4.69) is 22.1 Å². The minimum Gasteiger partial charge on any atom is -0.359 e. The largest absolute Gasteiger partial charge is 0.359 e. The molecule has 11 heavy (non-hydrogen) atoms. The first-order chi connectivity index (χ1) is 5.38. The molecule has 1 atom stereocenters. The van der Waals surface area contributed by atoms with E-state index in [0.717, 1.165) is 19.6 Å². The quantitative estimate of drug-likeness (QED) is 0.470. The van der Waals surface area contributed by atoms with E-state index >= 15 is 0 Å². The molecule has 64 valence electrons. The first-order valence-electron chi connectivity index (χ1n) is 4.27. The van der Waals surface area contributed by atoms with Crippen molar-refractivity contribution >= 4 is 6.34 Å². The second-order valence-corrected chi connectivity index (χ2v) is 2.85. The van der Waals surface area contributed by atoms with Crippen molar-refractivity contribution in [1.82, 2.24) is 10.2 Å². The highest BCUT2D eigenvalue weighted by Gasteiger charge is 2.18. The summed E-state index contributed by atoms with van der Waals surface area (Å²) >= 11 is 0. The summed E-state index contributed by atoms with van der Waals surface area (Å²) < 4.78 is 0. The van der Waals surface area contributed by atoms with Crippen molar-refractivity contribution < 1.29 is 0 Å². The third-order valence-corrected chi connectivity index (χ3v) is 2.13. The van der Waals surface area contributed by atoms with Gasteiger partial charge in [-0.25, -0.2) is 0 Å². The number of nitrogens with one attached hydrogen (secondary N) is 1. The van der Waals surface area contributed by atoms with Gasteiger partial charge in [0.15, 0.2) is 0 Å². The van der Waals surface area contributed by atoms with E-state index in [1.54, 1.807) is 0 Å². The van der Waals surface area contributed by atoms with E-state index in [4.69, 9.17) is 0 Å². The highest BCUT2D eigenvalue weighted by molar-refractivity contribution is 5.55. The van der Waals surface area contributed by atoms with Gasteiger partial charge in [-0.1, -0.05) is 0 Å². The molecule has 1 rings (SSSR count). The highest BCUT2D eigenvalue weighted by Crippen LogP contribution is 2.05. The van der Waals surface area contributed by atoms with Crippen LogP contribution in [-0.2, 0) is 0 Å². The highest BCUT2D eigenvalue weighted by atomic mass is 15.2. The smallest absolute Gasteiger partial charge is 0.0849 e. The van der Waals surface area contributed by atoms with Gasteiger partial charge in [0.25, 0.3) is 0 Å². The molecule has 1 fully saturated rings. The average Bonchev–Trinajstić information content (AvgIpc) is 2.52. The van der Waals surface area contributed by atoms with Gasteiger partial charge < -0.3 is 10.2 Å². The Morgan fingerprint density at radius 2 is 2.55 bits per heavy atom. The summed E-state index contributed by atoms with van der Waals surface area (Å²) in [5, 5.41) is 3.34. The fraction of sp³-hybridized carbons (Fsp3) is 0.875. The summed E-state index contributed by atoms with van der Waals surface area (Å²) in [6.07, 6.45) is 3.19. The van der Waals surface area contributed by atoms with Crippen molar-refractivity contribution in [2.24, 2.45) is 4.99 Å². The van der Waals surface area contributed by atoms with Crippen LogP contribution in [0, 0.1) is 0 Å². The molecule has 0 bridgehead atoms. The van der Waals surface area contributed by atoms with Crippen molar-refractivity contribution in [3.8, 4) is 0 Å². The normalized spacial score (nSPS) is 24.7. The van der Waals surface area contributed by atoms with Crippen molar-refractivity contribution in [2.45, 2.75) is 19.4 Å². The van der Waals surface area contributed by atoms with E-state index in [0.29, 0.717) is 6.04 Å². The van der Waals surface area contributed by atoms with Crippen LogP contribution in [0.15, 0.2) is 4.99 Å². The second-order valence-electron chi connectivity index (χ2n) is 2.85. The van der Waals surface area contributed by atoms with Gasteiger partial charge in [-0.3, -0.25) is 4.99 Å². The van der Waals surface area contributed by atoms with Crippen LogP contribution in [0.1, 0.15) is 13.3 Å². The first-order valence-corrected chi connectivity index (χ1v) is 4.27. The molecule has 0 aliphatic carbocycles. The number of likely N-dealkylation sites (N-methyl/N-ethyl adjacent to an activating group) is 1. The maximum Gasteiger partial charge on any atom is 0.0849 e. The molecule has 1 saturated heterocycles. The van der Waals surface area contributed by atoms with Crippen molar-refractivity contribution in [3.05, 3.63) is 0 Å². The molecule has 0 aromatic rings. The van der Waals surface area contributed by atoms with Gasteiger partial charge in [0, 0.05) is 26.2 Å². The molecule has 0 saturated carbocycles. The maximum absolute atomic E-state index is 4.02. The van der Waals surface area contributed by atoms with Crippen LogP contribution in [0.25, 0.3) is 0 Å². The molecule has 0 aromatic heterocycles. The molecule has 3 nitrogen and oxygen atoms in total. The van der Waals surface area contributed by atoms with E-state index in [9.17, 15) is 0 Å². The van der Waals surface area contributed by atoms with Crippen molar-refractivity contribution in [2.75, 3.05) is 26.7 Å². The van der Waals surface area contributed by atoms with E-state index < -0.39 is 0 Å². The molecule has 1 unspecified atom stereocenters. The number of hydrogen-bond donors (Lipinski definition) is 1. The van der Waals surface area contributed by atoms with Gasteiger partial charge in [0.05, 0.1) is 6.34 Å². The Morgan fingerprint density at radius 1 is 1.73 bits per heavy atom. The summed E-state index contributed by atoms with van der Waals surface area (Å²) in [6, 6.07) is 0.670. The third kappa shape index (κ3) is 2.19. The molecule has 3 heteroatoms. The zero-order valence-electron chi connectivity index (χ0n) is 7.38. The van der Waals surface area contributed by atoms with Crippen LogP contribution in [0.3, 0.4) is 0 Å². The van der Waals surface area contributed by atoms with Gasteiger partial charge in [-0.05, 0) is 19.9 Å². The van der Waals surface area contributed by atoms with Gasteiger partial charge in [0.2, 0.25) is 0 Å². The number of aliphatic imine (C=N–C) groups is 1. The molecule has 1 N–H and O–H groups in total. The Balaban J connectivity index is 2.39. The molecular formula is C8H17N3.